The van der Waals surface area contributed by atoms with E-state index >= 15 is 0 Å². The minimum Gasteiger partial charge on any atom is -0.352 e. The molecule has 0 saturated carbocycles. The van der Waals surface area contributed by atoms with Crippen LogP contribution in [0, 0.1) is 5.92 Å². The smallest absolute Gasteiger partial charge is 0.281 e. The van der Waals surface area contributed by atoms with Crippen molar-refractivity contribution >= 4 is 16.1 Å². The molecule has 2 aliphatic rings. The number of nitrogens with zero attached hydrogens (tertiary/aromatic N) is 3. The highest BCUT2D eigenvalue weighted by molar-refractivity contribution is 7.86. The predicted octanol–water partition coefficient (Wildman–Crippen LogP) is 1.81. The number of hydrogen-bond acceptors (Lipinski definition) is 4. The Hall–Kier alpha value is -1.48. The molecule has 2 heterocycles. The molecule has 7 nitrogen and oxygen atoms in total. The lowest BCUT2D eigenvalue weighted by Crippen LogP contribution is -2.48. The molecule has 2 saturated heterocycles. The van der Waals surface area contributed by atoms with Crippen LogP contribution in [0.25, 0.3) is 0 Å². The number of nitrogens with one attached hydrogen (secondary N) is 1. The van der Waals surface area contributed by atoms with Crippen molar-refractivity contribution in [2.24, 2.45) is 5.92 Å². The maximum Gasteiger partial charge on any atom is 0.281 e. The first kappa shape index (κ1) is 22.2. The zero-order chi connectivity index (χ0) is 20.9. The summed E-state index contributed by atoms with van der Waals surface area (Å²) in [6.45, 7) is 4.41. The lowest BCUT2D eigenvalue weighted by Gasteiger charge is -2.32. The van der Waals surface area contributed by atoms with Crippen molar-refractivity contribution < 1.29 is 13.2 Å². The van der Waals surface area contributed by atoms with Crippen LogP contribution >= 0.6 is 0 Å². The fraction of sp³-hybridized carbons (Fsp3) is 0.667. The van der Waals surface area contributed by atoms with Gasteiger partial charge in [0.05, 0.1) is 5.92 Å². The average Bonchev–Trinajstić information content (AvgIpc) is 2.73. The van der Waals surface area contributed by atoms with Gasteiger partial charge in [0, 0.05) is 40.3 Å². The molecule has 1 unspecified atom stereocenters. The van der Waals surface area contributed by atoms with Crippen molar-refractivity contribution in [3.8, 4) is 0 Å². The van der Waals surface area contributed by atoms with Crippen molar-refractivity contribution in [1.29, 1.82) is 0 Å². The van der Waals surface area contributed by atoms with Crippen LogP contribution in [0.4, 0.5) is 0 Å². The summed E-state index contributed by atoms with van der Waals surface area (Å²) >= 11 is 0. The zero-order valence-corrected chi connectivity index (χ0v) is 18.5. The van der Waals surface area contributed by atoms with Gasteiger partial charge in [-0.15, -0.1) is 0 Å². The second-order valence-corrected chi connectivity index (χ2v) is 10.5. The third-order valence-corrected chi connectivity index (χ3v) is 7.86. The SMILES string of the molecule is CN(C)S(=O)(=O)N1CCCC(C(=O)NCc2ccccc2CN2CCCCC2)C1. The summed E-state index contributed by atoms with van der Waals surface area (Å²) in [5, 5.41) is 3.05. The molecule has 0 spiro atoms. The van der Waals surface area contributed by atoms with Crippen LogP contribution in [0.3, 0.4) is 0 Å². The predicted molar refractivity (Wildman–Crippen MR) is 114 cm³/mol. The maximum atomic E-state index is 12.8. The monoisotopic (exact) mass is 422 g/mol. The van der Waals surface area contributed by atoms with E-state index in [0.717, 1.165) is 31.6 Å². The van der Waals surface area contributed by atoms with E-state index in [1.165, 1.54) is 47.5 Å². The summed E-state index contributed by atoms with van der Waals surface area (Å²) < 4.78 is 27.4. The Morgan fingerprint density at radius 3 is 2.45 bits per heavy atom. The van der Waals surface area contributed by atoms with Crippen molar-refractivity contribution in [3.05, 3.63) is 35.4 Å². The largest absolute Gasteiger partial charge is 0.352 e. The molecule has 1 aromatic rings. The van der Waals surface area contributed by atoms with Crippen LogP contribution < -0.4 is 5.32 Å². The van der Waals surface area contributed by atoms with Gasteiger partial charge in [0.15, 0.2) is 0 Å². The van der Waals surface area contributed by atoms with Gasteiger partial charge < -0.3 is 5.32 Å². The van der Waals surface area contributed by atoms with Crippen LogP contribution in [0.2, 0.25) is 0 Å². The van der Waals surface area contributed by atoms with Gasteiger partial charge in [0.2, 0.25) is 5.91 Å². The second-order valence-electron chi connectivity index (χ2n) is 8.31. The first-order chi connectivity index (χ1) is 13.9. The molecule has 0 bridgehead atoms. The Balaban J connectivity index is 1.58. The lowest BCUT2D eigenvalue weighted by molar-refractivity contribution is -0.126. The number of hydrogen-bond donors (Lipinski definition) is 1. The fourth-order valence-electron chi connectivity index (χ4n) is 4.17. The molecular formula is C21H34N4O3S. The number of rotatable bonds is 7. The van der Waals surface area contributed by atoms with Gasteiger partial charge in [0.1, 0.15) is 0 Å². The minimum absolute atomic E-state index is 0.0589. The molecule has 3 rings (SSSR count). The standard InChI is InChI=1S/C21H34N4O3S/c1-23(2)29(27,28)25-14-8-11-20(17-25)21(26)22-15-18-9-4-5-10-19(18)16-24-12-6-3-7-13-24/h4-5,9-10,20H,3,6-8,11-17H2,1-2H3,(H,22,26). The average molecular weight is 423 g/mol. The highest BCUT2D eigenvalue weighted by Gasteiger charge is 2.33. The highest BCUT2D eigenvalue weighted by Crippen LogP contribution is 2.21. The first-order valence-corrected chi connectivity index (χ1v) is 12.0. The van der Waals surface area contributed by atoms with Crippen molar-refractivity contribution in [2.45, 2.75) is 45.2 Å². The second kappa shape index (κ2) is 10.0. The lowest BCUT2D eigenvalue weighted by atomic mass is 9.98. The summed E-state index contributed by atoms with van der Waals surface area (Å²) in [5.41, 5.74) is 2.40. The van der Waals surface area contributed by atoms with E-state index in [2.05, 4.69) is 28.4 Å². The molecule has 1 atom stereocenters. The summed E-state index contributed by atoms with van der Waals surface area (Å²) in [7, 11) is -0.423. The summed E-state index contributed by atoms with van der Waals surface area (Å²) in [6.07, 6.45) is 5.26. The van der Waals surface area contributed by atoms with Crippen LogP contribution in [0.5, 0.6) is 0 Å². The Labute approximate surface area is 175 Å². The van der Waals surface area contributed by atoms with E-state index in [1.54, 1.807) is 0 Å². The maximum absolute atomic E-state index is 12.8. The Morgan fingerprint density at radius 2 is 1.76 bits per heavy atom. The third-order valence-electron chi connectivity index (χ3n) is 5.96. The van der Waals surface area contributed by atoms with Gasteiger partial charge in [0.25, 0.3) is 10.2 Å². The Kier molecular flexibility index (Phi) is 7.67. The van der Waals surface area contributed by atoms with Crippen molar-refractivity contribution in [2.75, 3.05) is 40.3 Å². The molecule has 0 radical (unpaired) electrons. The summed E-state index contributed by atoms with van der Waals surface area (Å²) in [6, 6.07) is 8.27. The van der Waals surface area contributed by atoms with Gasteiger partial charge in [-0.2, -0.15) is 17.0 Å². The first-order valence-electron chi connectivity index (χ1n) is 10.6. The molecule has 162 valence electrons. The summed E-state index contributed by atoms with van der Waals surface area (Å²) in [5.74, 6) is -0.357. The summed E-state index contributed by atoms with van der Waals surface area (Å²) in [4.78, 5) is 15.2. The third kappa shape index (κ3) is 5.78. The van der Waals surface area contributed by atoms with Crippen LogP contribution in [-0.2, 0) is 28.1 Å². The van der Waals surface area contributed by atoms with E-state index in [0.29, 0.717) is 19.5 Å². The molecule has 29 heavy (non-hydrogen) atoms. The van der Waals surface area contributed by atoms with Gasteiger partial charge in [-0.25, -0.2) is 0 Å². The molecule has 1 aromatic carbocycles. The van der Waals surface area contributed by atoms with Crippen LogP contribution in [-0.4, -0.2) is 68.1 Å². The van der Waals surface area contributed by atoms with E-state index in [1.807, 2.05) is 6.07 Å². The van der Waals surface area contributed by atoms with Crippen molar-refractivity contribution in [1.82, 2.24) is 18.8 Å². The molecule has 8 heteroatoms. The Bertz CT molecular complexity index is 791. The molecule has 2 fully saturated rings. The minimum atomic E-state index is -3.48. The van der Waals surface area contributed by atoms with E-state index in [9.17, 15) is 13.2 Å². The number of likely N-dealkylation sites (tertiary alicyclic amines) is 1. The molecule has 1 N–H and O–H groups in total. The number of carbonyl (C=O) groups is 1. The van der Waals surface area contributed by atoms with Crippen LogP contribution in [0.1, 0.15) is 43.2 Å². The van der Waals surface area contributed by atoms with E-state index in [4.69, 9.17) is 0 Å². The van der Waals surface area contributed by atoms with Gasteiger partial charge in [-0.05, 0) is 49.9 Å². The molecule has 0 aliphatic carbocycles. The van der Waals surface area contributed by atoms with Crippen molar-refractivity contribution in [3.63, 3.8) is 0 Å². The van der Waals surface area contributed by atoms with E-state index < -0.39 is 10.2 Å². The van der Waals surface area contributed by atoms with Gasteiger partial charge in [-0.3, -0.25) is 9.69 Å². The van der Waals surface area contributed by atoms with E-state index in [-0.39, 0.29) is 18.4 Å². The zero-order valence-electron chi connectivity index (χ0n) is 17.6. The fourth-order valence-corrected chi connectivity index (χ4v) is 5.36. The molecule has 0 aromatic heterocycles. The number of piperidine rings is 2. The normalized spacial score (nSPS) is 22.0. The number of amides is 1. The van der Waals surface area contributed by atoms with Gasteiger partial charge in [-0.1, -0.05) is 30.7 Å². The molecule has 2 aliphatic heterocycles. The van der Waals surface area contributed by atoms with Crippen LogP contribution in [0.15, 0.2) is 24.3 Å². The quantitative estimate of drug-likeness (QED) is 0.727. The Morgan fingerprint density at radius 1 is 1.07 bits per heavy atom. The number of benzene rings is 1. The molecular weight excluding hydrogens is 388 g/mol. The molecule has 1 amide bonds. The highest BCUT2D eigenvalue weighted by atomic mass is 32.2. The van der Waals surface area contributed by atoms with Gasteiger partial charge >= 0.3 is 0 Å². The topological polar surface area (TPSA) is 73.0 Å². The number of carbonyl (C=O) groups excluding carboxylic acids is 1.